The lowest BCUT2D eigenvalue weighted by Crippen LogP contribution is -2.28. The maximum Gasteiger partial charge on any atom is 0.0515 e. The van der Waals surface area contributed by atoms with Crippen LogP contribution in [0.2, 0.25) is 0 Å². The SMILES string of the molecule is Cc1cc2cc(CC3CCNCC3)cc3c2n1CCC3. The van der Waals surface area contributed by atoms with Crippen molar-refractivity contribution in [3.05, 3.63) is 35.0 Å². The molecule has 4 rings (SSSR count). The fourth-order valence-corrected chi connectivity index (χ4v) is 4.15. The molecule has 1 aromatic heterocycles. The minimum absolute atomic E-state index is 0.882. The van der Waals surface area contributed by atoms with E-state index >= 15 is 0 Å². The molecule has 0 spiro atoms. The van der Waals surface area contributed by atoms with E-state index in [0.717, 1.165) is 5.92 Å². The first kappa shape index (κ1) is 12.5. The Morgan fingerprint density at radius 3 is 2.90 bits per heavy atom. The van der Waals surface area contributed by atoms with E-state index in [4.69, 9.17) is 0 Å². The van der Waals surface area contributed by atoms with Crippen LogP contribution in [0.25, 0.3) is 10.9 Å². The van der Waals surface area contributed by atoms with Gasteiger partial charge in [-0.15, -0.1) is 0 Å². The van der Waals surface area contributed by atoms with Crippen LogP contribution in [-0.4, -0.2) is 17.7 Å². The highest BCUT2D eigenvalue weighted by Gasteiger charge is 2.18. The van der Waals surface area contributed by atoms with Crippen molar-refractivity contribution in [2.75, 3.05) is 13.1 Å². The quantitative estimate of drug-likeness (QED) is 0.883. The molecule has 2 nitrogen and oxygen atoms in total. The first-order valence-corrected chi connectivity index (χ1v) is 8.13. The minimum Gasteiger partial charge on any atom is -0.345 e. The third kappa shape index (κ3) is 2.07. The van der Waals surface area contributed by atoms with E-state index in [9.17, 15) is 0 Å². The Hall–Kier alpha value is -1.28. The normalized spacial score (nSPS) is 19.6. The summed E-state index contributed by atoms with van der Waals surface area (Å²) < 4.78 is 2.52. The van der Waals surface area contributed by atoms with Gasteiger partial charge in [0.1, 0.15) is 0 Å². The topological polar surface area (TPSA) is 17.0 Å². The molecule has 1 N–H and O–H groups in total. The molecule has 2 heteroatoms. The highest BCUT2D eigenvalue weighted by molar-refractivity contribution is 5.85. The van der Waals surface area contributed by atoms with Gasteiger partial charge in [-0.05, 0) is 81.3 Å². The first-order valence-electron chi connectivity index (χ1n) is 8.13. The van der Waals surface area contributed by atoms with Crippen LogP contribution in [0.4, 0.5) is 0 Å². The summed E-state index contributed by atoms with van der Waals surface area (Å²) in [5.41, 5.74) is 6.10. The summed E-state index contributed by atoms with van der Waals surface area (Å²) in [4.78, 5) is 0. The van der Waals surface area contributed by atoms with Crippen LogP contribution in [0.3, 0.4) is 0 Å². The number of benzene rings is 1. The fourth-order valence-electron chi connectivity index (χ4n) is 4.15. The summed E-state index contributed by atoms with van der Waals surface area (Å²) in [6.07, 6.45) is 6.52. The number of hydrogen-bond donors (Lipinski definition) is 1. The highest BCUT2D eigenvalue weighted by atomic mass is 15.0. The molecule has 0 bridgehead atoms. The maximum atomic E-state index is 3.47. The number of piperidine rings is 1. The van der Waals surface area contributed by atoms with E-state index in [1.54, 1.807) is 11.1 Å². The van der Waals surface area contributed by atoms with Gasteiger partial charge in [0.2, 0.25) is 0 Å². The van der Waals surface area contributed by atoms with Crippen molar-refractivity contribution in [3.63, 3.8) is 0 Å². The number of nitrogens with one attached hydrogen (secondary N) is 1. The molecule has 20 heavy (non-hydrogen) atoms. The Labute approximate surface area is 121 Å². The predicted octanol–water partition coefficient (Wildman–Crippen LogP) is 3.44. The molecule has 106 valence electrons. The van der Waals surface area contributed by atoms with E-state index < -0.39 is 0 Å². The number of aromatic nitrogens is 1. The summed E-state index contributed by atoms with van der Waals surface area (Å²) in [6, 6.07) is 7.34. The lowest BCUT2D eigenvalue weighted by atomic mass is 9.89. The number of hydrogen-bond acceptors (Lipinski definition) is 1. The largest absolute Gasteiger partial charge is 0.345 e. The van der Waals surface area contributed by atoms with Crippen LogP contribution in [-0.2, 0) is 19.4 Å². The van der Waals surface area contributed by atoms with Crippen molar-refractivity contribution in [2.45, 2.75) is 45.6 Å². The van der Waals surface area contributed by atoms with Crippen LogP contribution in [0.15, 0.2) is 18.2 Å². The lowest BCUT2D eigenvalue weighted by Gasteiger charge is -2.23. The zero-order valence-electron chi connectivity index (χ0n) is 12.4. The molecule has 2 aliphatic heterocycles. The van der Waals surface area contributed by atoms with Crippen molar-refractivity contribution in [1.29, 1.82) is 0 Å². The van der Waals surface area contributed by atoms with E-state index in [-0.39, 0.29) is 0 Å². The average Bonchev–Trinajstić information content (AvgIpc) is 2.78. The van der Waals surface area contributed by atoms with Crippen LogP contribution < -0.4 is 5.32 Å². The van der Waals surface area contributed by atoms with E-state index in [0.29, 0.717) is 0 Å². The van der Waals surface area contributed by atoms with Gasteiger partial charge in [0.15, 0.2) is 0 Å². The molecular formula is C18H24N2. The lowest BCUT2D eigenvalue weighted by molar-refractivity contribution is 0.372. The molecule has 0 radical (unpaired) electrons. The molecule has 0 saturated carbocycles. The molecule has 1 saturated heterocycles. The Morgan fingerprint density at radius 1 is 1.20 bits per heavy atom. The third-order valence-corrected chi connectivity index (χ3v) is 5.15. The highest BCUT2D eigenvalue weighted by Crippen LogP contribution is 2.31. The Bertz CT molecular complexity index is 632. The van der Waals surface area contributed by atoms with Gasteiger partial charge in [-0.25, -0.2) is 0 Å². The molecule has 3 heterocycles. The second-order valence-electron chi connectivity index (χ2n) is 6.63. The molecule has 0 atom stereocenters. The van der Waals surface area contributed by atoms with Crippen LogP contribution in [0, 0.1) is 12.8 Å². The summed E-state index contributed by atoms with van der Waals surface area (Å²) in [5, 5.41) is 4.94. The van der Waals surface area contributed by atoms with E-state index in [1.165, 1.54) is 68.3 Å². The van der Waals surface area contributed by atoms with Gasteiger partial charge < -0.3 is 9.88 Å². The van der Waals surface area contributed by atoms with Crippen molar-refractivity contribution < 1.29 is 0 Å². The van der Waals surface area contributed by atoms with E-state index in [2.05, 4.69) is 35.0 Å². The monoisotopic (exact) mass is 268 g/mol. The molecule has 2 aliphatic rings. The molecule has 0 amide bonds. The molecule has 1 aromatic carbocycles. The first-order chi connectivity index (χ1) is 9.81. The standard InChI is InChI=1S/C18H24N2/c1-13-9-17-12-15(10-14-4-6-19-7-5-14)11-16-3-2-8-20(13)18(16)17/h9,11-12,14,19H,2-8,10H2,1H3. The van der Waals surface area contributed by atoms with Gasteiger partial charge in [-0.1, -0.05) is 6.07 Å². The molecule has 2 aromatic rings. The van der Waals surface area contributed by atoms with Crippen LogP contribution >= 0.6 is 0 Å². The predicted molar refractivity (Wildman–Crippen MR) is 84.3 cm³/mol. The van der Waals surface area contributed by atoms with Crippen LogP contribution in [0.5, 0.6) is 0 Å². The zero-order chi connectivity index (χ0) is 13.5. The van der Waals surface area contributed by atoms with Gasteiger partial charge in [0.25, 0.3) is 0 Å². The number of nitrogens with zero attached hydrogens (tertiary/aromatic N) is 1. The number of rotatable bonds is 2. The third-order valence-electron chi connectivity index (χ3n) is 5.15. The summed E-state index contributed by atoms with van der Waals surface area (Å²) in [6.45, 7) is 5.86. The summed E-state index contributed by atoms with van der Waals surface area (Å²) >= 11 is 0. The van der Waals surface area contributed by atoms with Gasteiger partial charge in [0, 0.05) is 17.6 Å². The van der Waals surface area contributed by atoms with Gasteiger partial charge in [-0.2, -0.15) is 0 Å². The van der Waals surface area contributed by atoms with Gasteiger partial charge >= 0.3 is 0 Å². The maximum absolute atomic E-state index is 3.47. The summed E-state index contributed by atoms with van der Waals surface area (Å²) in [5.74, 6) is 0.882. The smallest absolute Gasteiger partial charge is 0.0515 e. The van der Waals surface area contributed by atoms with Gasteiger partial charge in [-0.3, -0.25) is 0 Å². The van der Waals surface area contributed by atoms with Crippen molar-refractivity contribution in [2.24, 2.45) is 5.92 Å². The molecular weight excluding hydrogens is 244 g/mol. The zero-order valence-corrected chi connectivity index (χ0v) is 12.4. The molecule has 0 unspecified atom stereocenters. The Morgan fingerprint density at radius 2 is 2.05 bits per heavy atom. The van der Waals surface area contributed by atoms with Crippen molar-refractivity contribution in [1.82, 2.24) is 9.88 Å². The van der Waals surface area contributed by atoms with E-state index in [1.807, 2.05) is 0 Å². The molecule has 1 fully saturated rings. The number of aryl methyl sites for hydroxylation is 3. The summed E-state index contributed by atoms with van der Waals surface area (Å²) in [7, 11) is 0. The van der Waals surface area contributed by atoms with Crippen molar-refractivity contribution in [3.8, 4) is 0 Å². The average molecular weight is 268 g/mol. The Kier molecular flexibility index (Phi) is 3.07. The van der Waals surface area contributed by atoms with Crippen molar-refractivity contribution >= 4 is 10.9 Å². The second-order valence-corrected chi connectivity index (χ2v) is 6.63. The Balaban J connectivity index is 1.71. The van der Waals surface area contributed by atoms with Crippen LogP contribution in [0.1, 0.15) is 36.1 Å². The molecule has 0 aliphatic carbocycles. The minimum atomic E-state index is 0.882. The fraction of sp³-hybridized carbons (Fsp3) is 0.556. The second kappa shape index (κ2) is 4.92. The van der Waals surface area contributed by atoms with Gasteiger partial charge in [0.05, 0.1) is 5.52 Å².